The number of allylic oxidation sites excluding steroid dienone is 5. The Bertz CT molecular complexity index is 1310. The Kier molecular flexibility index (Phi) is 10.8. The topological polar surface area (TPSA) is 121 Å². The number of carbonyl (C=O) groups is 2. The summed E-state index contributed by atoms with van der Waals surface area (Å²) < 4.78 is 31.1. The minimum atomic E-state index is -1.85. The van der Waals surface area contributed by atoms with Crippen LogP contribution in [0.2, 0.25) is 0 Å². The minimum absolute atomic E-state index is 0.0329. The molecular weight excluding hydrogens is 588 g/mol. The predicted molar refractivity (Wildman–Crippen MR) is 172 cm³/mol. The van der Waals surface area contributed by atoms with Crippen LogP contribution in [0.1, 0.15) is 86.5 Å². The van der Waals surface area contributed by atoms with Gasteiger partial charge in [0.05, 0.1) is 18.8 Å². The van der Waals surface area contributed by atoms with Crippen LogP contribution in [-0.2, 0) is 33.3 Å². The van der Waals surface area contributed by atoms with Gasteiger partial charge in [0.2, 0.25) is 0 Å². The lowest BCUT2D eigenvalue weighted by atomic mass is 9.70. The third kappa shape index (κ3) is 7.14. The summed E-state index contributed by atoms with van der Waals surface area (Å²) in [6.07, 6.45) is 13.0. The van der Waals surface area contributed by atoms with E-state index in [1.807, 2.05) is 6.08 Å². The number of ether oxygens (including phenoxy) is 5. The van der Waals surface area contributed by atoms with Crippen LogP contribution in [-0.4, -0.2) is 77.3 Å². The summed E-state index contributed by atoms with van der Waals surface area (Å²) in [6.45, 7) is 11.7. The first-order valence-corrected chi connectivity index (χ1v) is 17.0. The summed E-state index contributed by atoms with van der Waals surface area (Å²) in [5, 5.41) is 23.7. The molecule has 5 aliphatic rings. The van der Waals surface area contributed by atoms with Crippen molar-refractivity contribution < 1.29 is 43.5 Å². The van der Waals surface area contributed by atoms with Crippen LogP contribution in [0, 0.1) is 17.8 Å². The summed E-state index contributed by atoms with van der Waals surface area (Å²) in [5.41, 5.74) is 0.587. The largest absolute Gasteiger partial charge is 0.462 e. The van der Waals surface area contributed by atoms with E-state index in [1.165, 1.54) is 11.6 Å². The van der Waals surface area contributed by atoms with Gasteiger partial charge in [-0.2, -0.15) is 0 Å². The van der Waals surface area contributed by atoms with Crippen molar-refractivity contribution in [3.63, 3.8) is 0 Å². The Morgan fingerprint density at radius 3 is 2.74 bits per heavy atom. The predicted octanol–water partition coefficient (Wildman–Crippen LogP) is 5.41. The Hall–Kier alpha value is -2.56. The van der Waals surface area contributed by atoms with Gasteiger partial charge in [-0.3, -0.25) is 4.79 Å². The van der Waals surface area contributed by atoms with Gasteiger partial charge in [0.25, 0.3) is 0 Å². The smallest absolute Gasteiger partial charge is 0.333 e. The molecule has 0 aromatic rings. The van der Waals surface area contributed by atoms with E-state index < -0.39 is 47.6 Å². The van der Waals surface area contributed by atoms with Crippen molar-refractivity contribution in [3.8, 4) is 0 Å². The van der Waals surface area contributed by atoms with Crippen LogP contribution in [0.5, 0.6) is 0 Å². The van der Waals surface area contributed by atoms with E-state index in [0.29, 0.717) is 42.7 Å². The first-order chi connectivity index (χ1) is 21.9. The van der Waals surface area contributed by atoms with Crippen LogP contribution in [0.4, 0.5) is 0 Å². The molecule has 5 rings (SSSR count). The molecule has 2 N–H and O–H groups in total. The van der Waals surface area contributed by atoms with Crippen molar-refractivity contribution in [3.05, 3.63) is 58.7 Å². The van der Waals surface area contributed by atoms with Crippen molar-refractivity contribution >= 4 is 11.9 Å². The molecule has 0 amide bonds. The number of esters is 2. The highest BCUT2D eigenvalue weighted by molar-refractivity contribution is 5.87. The zero-order valence-electron chi connectivity index (χ0n) is 28.2. The van der Waals surface area contributed by atoms with Gasteiger partial charge in [0, 0.05) is 24.8 Å². The van der Waals surface area contributed by atoms with Crippen LogP contribution in [0.25, 0.3) is 0 Å². The Labute approximate surface area is 273 Å². The molecule has 254 valence electrons. The Balaban J connectivity index is 1.52. The minimum Gasteiger partial charge on any atom is -0.462 e. The molecule has 0 saturated carbocycles. The maximum atomic E-state index is 14.2. The third-order valence-corrected chi connectivity index (χ3v) is 10.5. The van der Waals surface area contributed by atoms with Gasteiger partial charge in [0.1, 0.15) is 36.4 Å². The molecular formula is C37H52O9. The maximum absolute atomic E-state index is 14.2. The van der Waals surface area contributed by atoms with E-state index in [9.17, 15) is 19.8 Å². The third-order valence-electron chi connectivity index (χ3n) is 10.5. The molecule has 46 heavy (non-hydrogen) atoms. The van der Waals surface area contributed by atoms with E-state index in [0.717, 1.165) is 19.3 Å². The van der Waals surface area contributed by atoms with Crippen molar-refractivity contribution in [2.45, 2.75) is 128 Å². The first-order valence-electron chi connectivity index (χ1n) is 17.0. The van der Waals surface area contributed by atoms with Crippen molar-refractivity contribution in [1.29, 1.82) is 0 Å². The van der Waals surface area contributed by atoms with Gasteiger partial charge in [-0.1, -0.05) is 62.8 Å². The number of hydrogen-bond donors (Lipinski definition) is 2. The number of aliphatic hydroxyl groups is 2. The van der Waals surface area contributed by atoms with Crippen LogP contribution < -0.4 is 0 Å². The molecule has 2 bridgehead atoms. The lowest BCUT2D eigenvalue weighted by Gasteiger charge is -2.50. The van der Waals surface area contributed by atoms with Crippen LogP contribution in [0.3, 0.4) is 0 Å². The summed E-state index contributed by atoms with van der Waals surface area (Å²) >= 11 is 0. The average Bonchev–Trinajstić information content (AvgIpc) is 3.36. The molecule has 3 fully saturated rings. The highest BCUT2D eigenvalue weighted by Crippen LogP contribution is 2.47. The second-order valence-corrected chi connectivity index (χ2v) is 14.0. The second kappa shape index (κ2) is 14.3. The van der Waals surface area contributed by atoms with E-state index in [1.54, 1.807) is 26.0 Å². The summed E-state index contributed by atoms with van der Waals surface area (Å²) in [6, 6.07) is 0. The molecule has 1 spiro atoms. The lowest BCUT2D eigenvalue weighted by Crippen LogP contribution is -2.58. The van der Waals surface area contributed by atoms with Gasteiger partial charge < -0.3 is 33.9 Å². The van der Waals surface area contributed by atoms with Crippen molar-refractivity contribution in [2.75, 3.05) is 13.2 Å². The van der Waals surface area contributed by atoms with Crippen molar-refractivity contribution in [1.82, 2.24) is 0 Å². The number of hydrogen-bond acceptors (Lipinski definition) is 9. The fraction of sp³-hybridized carbons (Fsp3) is 0.676. The SMILES string of the molecule is C/C=C(\C)C(=O)OCC1=C[C@H]2C(=O)O[C@H]3C[C@@H](C/C=C(\C)C[C@@H](C)/C=C/C=C4\CO[C@H]([C@@H]1O)[C@@]42O)O[C@@]1(CC[C@H](C)[C@@H](CC)O1)C3. The molecule has 4 heterocycles. The number of fused-ring (bicyclic) bond motifs is 2. The van der Waals surface area contributed by atoms with Gasteiger partial charge in [0.15, 0.2) is 5.79 Å². The number of aliphatic hydroxyl groups excluding tert-OH is 1. The molecule has 9 nitrogen and oxygen atoms in total. The standard InChI is InChI=1S/C37H52O9/c1-7-24(5)34(39)43-20-26-17-30-35(40)44-29-18-28(45-36(19-29)15-14-25(6)31(8-2)46-36)13-12-23(4)16-22(3)10-9-11-27-21-42-33(32(26)38)37(27,30)41/h7,9-12,17,22,25,28-33,38,41H,8,13-16,18-21H2,1-6H3/b10-9+,23-12+,24-7+,27-11+/t22-,25-,28+,29-,30-,31+,32+,33+,36+,37+/m0/s1. The van der Waals surface area contributed by atoms with E-state index in [2.05, 4.69) is 39.8 Å². The molecule has 10 atom stereocenters. The summed E-state index contributed by atoms with van der Waals surface area (Å²) in [5.74, 6) is -2.57. The molecule has 0 radical (unpaired) electrons. The molecule has 0 unspecified atom stereocenters. The fourth-order valence-corrected chi connectivity index (χ4v) is 7.65. The Morgan fingerprint density at radius 2 is 2.00 bits per heavy atom. The fourth-order valence-electron chi connectivity index (χ4n) is 7.65. The first kappa shape index (κ1) is 34.8. The summed E-state index contributed by atoms with van der Waals surface area (Å²) in [7, 11) is 0. The van der Waals surface area contributed by atoms with E-state index in [4.69, 9.17) is 23.7 Å². The Morgan fingerprint density at radius 1 is 1.22 bits per heavy atom. The highest BCUT2D eigenvalue weighted by Gasteiger charge is 2.60. The number of rotatable bonds is 4. The highest BCUT2D eigenvalue weighted by atomic mass is 16.7. The van der Waals surface area contributed by atoms with Crippen molar-refractivity contribution in [2.24, 2.45) is 17.8 Å². The molecule has 4 aliphatic heterocycles. The van der Waals surface area contributed by atoms with Gasteiger partial charge in [-0.05, 0) is 69.4 Å². The summed E-state index contributed by atoms with van der Waals surface area (Å²) in [4.78, 5) is 26.7. The average molecular weight is 641 g/mol. The number of carbonyl (C=O) groups excluding carboxylic acids is 2. The van der Waals surface area contributed by atoms with Gasteiger partial charge >= 0.3 is 11.9 Å². The maximum Gasteiger partial charge on any atom is 0.333 e. The lowest BCUT2D eigenvalue weighted by molar-refractivity contribution is -0.335. The zero-order chi connectivity index (χ0) is 33.2. The van der Waals surface area contributed by atoms with Crippen LogP contribution >= 0.6 is 0 Å². The molecule has 0 aromatic carbocycles. The molecule has 9 heteroatoms. The van der Waals surface area contributed by atoms with E-state index >= 15 is 0 Å². The normalized spacial score (nSPS) is 43.3. The quantitative estimate of drug-likeness (QED) is 0.236. The van der Waals surface area contributed by atoms with E-state index in [-0.39, 0.29) is 36.9 Å². The monoisotopic (exact) mass is 640 g/mol. The zero-order valence-corrected chi connectivity index (χ0v) is 28.2. The van der Waals surface area contributed by atoms with Crippen LogP contribution in [0.15, 0.2) is 58.7 Å². The van der Waals surface area contributed by atoms with Gasteiger partial charge in [-0.15, -0.1) is 0 Å². The molecule has 0 aromatic heterocycles. The molecule has 1 aliphatic carbocycles. The second-order valence-electron chi connectivity index (χ2n) is 14.0. The van der Waals surface area contributed by atoms with Gasteiger partial charge in [-0.25, -0.2) is 4.79 Å². The molecule has 3 saturated heterocycles.